The molecule has 0 aliphatic carbocycles. The number of hydrogen-bond donors (Lipinski definition) is 0. The van der Waals surface area contributed by atoms with Crippen LogP contribution in [0.1, 0.15) is 303 Å². The second-order valence-electron chi connectivity index (χ2n) is 20.2. The van der Waals surface area contributed by atoms with Crippen LogP contribution in [-0.4, -0.2) is 37.2 Å². The van der Waals surface area contributed by atoms with Gasteiger partial charge in [0.2, 0.25) is 0 Å². The third kappa shape index (κ3) is 57.6. The minimum atomic E-state index is -0.785. The van der Waals surface area contributed by atoms with E-state index in [1.54, 1.807) is 0 Å². The predicted molar refractivity (Wildman–Crippen MR) is 307 cm³/mol. The minimum absolute atomic E-state index is 0.0809. The zero-order valence-electron chi connectivity index (χ0n) is 47.0. The van der Waals surface area contributed by atoms with Gasteiger partial charge in [-0.25, -0.2) is 0 Å². The van der Waals surface area contributed by atoms with Crippen molar-refractivity contribution in [3.8, 4) is 0 Å². The summed E-state index contributed by atoms with van der Waals surface area (Å²) in [5.41, 5.74) is 0. The van der Waals surface area contributed by atoms with Gasteiger partial charge in [0.05, 0.1) is 0 Å². The number of allylic oxidation sites excluding steroid dienone is 12. The van der Waals surface area contributed by atoms with E-state index in [-0.39, 0.29) is 31.1 Å². The molecule has 0 aliphatic rings. The smallest absolute Gasteiger partial charge is 0.306 e. The Bertz CT molecular complexity index is 1320. The lowest BCUT2D eigenvalue weighted by Gasteiger charge is -2.18. The van der Waals surface area contributed by atoms with Crippen molar-refractivity contribution in [1.29, 1.82) is 0 Å². The molecule has 71 heavy (non-hydrogen) atoms. The van der Waals surface area contributed by atoms with Crippen molar-refractivity contribution in [3.05, 3.63) is 72.9 Å². The molecule has 0 aromatic rings. The Morgan fingerprint density at radius 3 is 0.873 bits per heavy atom. The van der Waals surface area contributed by atoms with E-state index in [0.29, 0.717) is 19.3 Å². The fourth-order valence-electron chi connectivity index (χ4n) is 8.64. The molecule has 1 atom stereocenters. The maximum atomic E-state index is 12.9. The number of carbonyl (C=O) groups excluding carboxylic acids is 3. The maximum Gasteiger partial charge on any atom is 0.306 e. The van der Waals surface area contributed by atoms with E-state index in [0.717, 1.165) is 116 Å². The van der Waals surface area contributed by atoms with Gasteiger partial charge in [-0.05, 0) is 89.9 Å². The van der Waals surface area contributed by atoms with Crippen LogP contribution >= 0.6 is 0 Å². The molecule has 0 rings (SSSR count). The first-order chi connectivity index (χ1) is 35.0. The minimum Gasteiger partial charge on any atom is -0.462 e. The van der Waals surface area contributed by atoms with Gasteiger partial charge in [0.15, 0.2) is 6.10 Å². The molecule has 0 bridgehead atoms. The summed E-state index contributed by atoms with van der Waals surface area (Å²) in [5, 5.41) is 0. The fourth-order valence-corrected chi connectivity index (χ4v) is 8.64. The van der Waals surface area contributed by atoms with Crippen LogP contribution in [0.25, 0.3) is 0 Å². The van der Waals surface area contributed by atoms with E-state index in [9.17, 15) is 14.4 Å². The van der Waals surface area contributed by atoms with E-state index in [4.69, 9.17) is 14.2 Å². The summed E-state index contributed by atoms with van der Waals surface area (Å²) >= 11 is 0. The molecular weight excluding hydrogens is 877 g/mol. The highest BCUT2D eigenvalue weighted by molar-refractivity contribution is 5.71. The van der Waals surface area contributed by atoms with Gasteiger partial charge in [-0.3, -0.25) is 14.4 Å². The van der Waals surface area contributed by atoms with Crippen LogP contribution in [0.2, 0.25) is 0 Å². The Labute approximate surface area is 440 Å². The van der Waals surface area contributed by atoms with Gasteiger partial charge in [-0.1, -0.05) is 267 Å². The molecule has 0 aromatic heterocycles. The number of hydrogen-bond acceptors (Lipinski definition) is 6. The first-order valence-corrected chi connectivity index (χ1v) is 30.4. The Hall–Kier alpha value is -3.15. The van der Waals surface area contributed by atoms with Crippen molar-refractivity contribution < 1.29 is 28.6 Å². The van der Waals surface area contributed by atoms with Crippen LogP contribution in [0.3, 0.4) is 0 Å². The quantitative estimate of drug-likeness (QED) is 0.0261. The number of esters is 3. The molecule has 0 fully saturated rings. The van der Waals surface area contributed by atoms with Gasteiger partial charge in [0, 0.05) is 19.3 Å². The summed E-state index contributed by atoms with van der Waals surface area (Å²) in [7, 11) is 0. The van der Waals surface area contributed by atoms with Crippen molar-refractivity contribution in [2.45, 2.75) is 309 Å². The van der Waals surface area contributed by atoms with Gasteiger partial charge in [-0.15, -0.1) is 0 Å². The summed E-state index contributed by atoms with van der Waals surface area (Å²) in [6, 6.07) is 0. The fraction of sp³-hybridized carbons (Fsp3) is 0.769. The lowest BCUT2D eigenvalue weighted by atomic mass is 10.0. The average Bonchev–Trinajstić information content (AvgIpc) is 3.37. The number of carbonyl (C=O) groups is 3. The highest BCUT2D eigenvalue weighted by Gasteiger charge is 2.19. The summed E-state index contributed by atoms with van der Waals surface area (Å²) in [5.74, 6) is -0.890. The van der Waals surface area contributed by atoms with E-state index in [1.807, 2.05) is 0 Å². The molecule has 1 unspecified atom stereocenters. The van der Waals surface area contributed by atoms with Gasteiger partial charge in [0.25, 0.3) is 0 Å². The van der Waals surface area contributed by atoms with Crippen molar-refractivity contribution in [3.63, 3.8) is 0 Å². The summed E-state index contributed by atoms with van der Waals surface area (Å²) in [6.45, 7) is 6.53. The van der Waals surface area contributed by atoms with Gasteiger partial charge in [-0.2, -0.15) is 0 Å². The maximum absolute atomic E-state index is 12.9. The first-order valence-electron chi connectivity index (χ1n) is 30.4. The predicted octanol–water partition coefficient (Wildman–Crippen LogP) is 20.5. The van der Waals surface area contributed by atoms with Crippen LogP contribution in [-0.2, 0) is 28.6 Å². The van der Waals surface area contributed by atoms with Crippen LogP contribution < -0.4 is 0 Å². The monoisotopic (exact) mass is 991 g/mol. The average molecular weight is 992 g/mol. The van der Waals surface area contributed by atoms with Crippen molar-refractivity contribution in [2.24, 2.45) is 0 Å². The van der Waals surface area contributed by atoms with Crippen LogP contribution in [0.4, 0.5) is 0 Å². The highest BCUT2D eigenvalue weighted by Crippen LogP contribution is 2.16. The number of unbranched alkanes of at least 4 members (excludes halogenated alkanes) is 32. The lowest BCUT2D eigenvalue weighted by Crippen LogP contribution is -2.30. The third-order valence-corrected chi connectivity index (χ3v) is 13.2. The van der Waals surface area contributed by atoms with Crippen LogP contribution in [0.5, 0.6) is 0 Å². The molecule has 0 aromatic carbocycles. The van der Waals surface area contributed by atoms with E-state index < -0.39 is 6.10 Å². The Balaban J connectivity index is 4.38. The van der Waals surface area contributed by atoms with Crippen molar-refractivity contribution in [1.82, 2.24) is 0 Å². The van der Waals surface area contributed by atoms with Crippen molar-refractivity contribution >= 4 is 17.9 Å². The highest BCUT2D eigenvalue weighted by atomic mass is 16.6. The zero-order valence-corrected chi connectivity index (χ0v) is 47.0. The Morgan fingerprint density at radius 2 is 0.549 bits per heavy atom. The first kappa shape index (κ1) is 67.8. The second kappa shape index (κ2) is 59.4. The number of rotatable bonds is 55. The van der Waals surface area contributed by atoms with E-state index >= 15 is 0 Å². The molecule has 0 aliphatic heterocycles. The Kier molecular flexibility index (Phi) is 56.8. The zero-order chi connectivity index (χ0) is 51.4. The van der Waals surface area contributed by atoms with Gasteiger partial charge >= 0.3 is 17.9 Å². The van der Waals surface area contributed by atoms with Gasteiger partial charge in [0.1, 0.15) is 13.2 Å². The van der Waals surface area contributed by atoms with Crippen LogP contribution in [0.15, 0.2) is 72.9 Å². The molecule has 0 radical (unpaired) electrons. The molecule has 6 nitrogen and oxygen atoms in total. The molecule has 0 spiro atoms. The lowest BCUT2D eigenvalue weighted by molar-refractivity contribution is -0.167. The standard InChI is InChI=1S/C65H114O6/c1-4-7-10-13-16-19-22-25-28-31-32-33-34-35-38-40-43-46-49-52-55-58-64(67)70-61-62(71-65(68)59-56-53-50-47-44-41-37-30-27-24-21-18-15-12-9-6-3)60-69-63(66)57-54-51-48-45-42-39-36-29-26-23-20-17-14-11-8-5-2/h7,10,16,19,21,24-25,28,30,32-33,37,62H,4-6,8-9,11-15,17-18,20,22-23,26-27,29,31,34-36,38-61H2,1-3H3/b10-7-,19-16-,24-21-,28-25-,33-32-,37-30-. The summed E-state index contributed by atoms with van der Waals surface area (Å²) < 4.78 is 16.9. The molecule has 6 heteroatoms. The third-order valence-electron chi connectivity index (χ3n) is 13.2. The normalized spacial score (nSPS) is 12.5. The van der Waals surface area contributed by atoms with E-state index in [2.05, 4.69) is 93.7 Å². The molecule has 0 amide bonds. The molecule has 0 N–H and O–H groups in total. The molecule has 0 saturated carbocycles. The van der Waals surface area contributed by atoms with Crippen molar-refractivity contribution in [2.75, 3.05) is 13.2 Å². The SMILES string of the molecule is CC/C=C\C/C=C\C/C=C\C/C=C\CCCCCCCCCCC(=O)OCC(COC(=O)CCCCCCCCCCCCCCCCCC)OC(=O)CCCCCCC/C=C\C/C=C\CCCCCC. The summed E-state index contributed by atoms with van der Waals surface area (Å²) in [4.78, 5) is 38.3. The molecular formula is C65H114O6. The Morgan fingerprint density at radius 1 is 0.296 bits per heavy atom. The molecule has 0 heterocycles. The van der Waals surface area contributed by atoms with E-state index in [1.165, 1.54) is 148 Å². The largest absolute Gasteiger partial charge is 0.462 e. The second-order valence-corrected chi connectivity index (χ2v) is 20.2. The molecule has 0 saturated heterocycles. The topological polar surface area (TPSA) is 78.9 Å². The molecule has 410 valence electrons. The van der Waals surface area contributed by atoms with Gasteiger partial charge < -0.3 is 14.2 Å². The van der Waals surface area contributed by atoms with Crippen LogP contribution in [0, 0.1) is 0 Å². The number of ether oxygens (including phenoxy) is 3. The summed E-state index contributed by atoms with van der Waals surface area (Å²) in [6.07, 6.45) is 76.0.